The van der Waals surface area contributed by atoms with Gasteiger partial charge in [0.2, 0.25) is 0 Å². The lowest BCUT2D eigenvalue weighted by molar-refractivity contribution is 0.0940. The molecule has 112 valence electrons. The van der Waals surface area contributed by atoms with E-state index in [1.54, 1.807) is 11.3 Å². The molecule has 0 spiro atoms. The number of rotatable bonds is 3. The summed E-state index contributed by atoms with van der Waals surface area (Å²) < 4.78 is 1.04. The Labute approximate surface area is 135 Å². The van der Waals surface area contributed by atoms with Crippen LogP contribution in [0.25, 0.3) is 10.2 Å². The van der Waals surface area contributed by atoms with Crippen molar-refractivity contribution in [2.24, 2.45) is 0 Å². The number of para-hydroxylation sites is 1. The number of hydrogen-bond donors (Lipinski definition) is 1. The molecule has 2 aromatic heterocycles. The van der Waals surface area contributed by atoms with Crippen molar-refractivity contribution in [3.63, 3.8) is 0 Å². The number of benzene rings is 1. The smallest absolute Gasteiger partial charge is 0.280 e. The van der Waals surface area contributed by atoms with Crippen LogP contribution in [0.2, 0.25) is 0 Å². The second-order valence-corrected chi connectivity index (χ2v) is 7.11. The van der Waals surface area contributed by atoms with Crippen LogP contribution in [0.5, 0.6) is 0 Å². The van der Waals surface area contributed by atoms with Gasteiger partial charge in [-0.1, -0.05) is 12.1 Å². The molecule has 0 unspecified atom stereocenters. The van der Waals surface area contributed by atoms with Crippen LogP contribution in [0.4, 0.5) is 5.13 Å². The Morgan fingerprint density at radius 3 is 3.09 bits per heavy atom. The lowest BCUT2D eigenvalue weighted by Crippen LogP contribution is -2.37. The molecule has 4 rings (SSSR count). The molecule has 1 saturated heterocycles. The average Bonchev–Trinajstić information content (AvgIpc) is 3.26. The minimum absolute atomic E-state index is 0.0767. The van der Waals surface area contributed by atoms with Crippen LogP contribution >= 0.6 is 22.7 Å². The van der Waals surface area contributed by atoms with Gasteiger partial charge in [0.25, 0.3) is 5.91 Å². The predicted octanol–water partition coefficient (Wildman–Crippen LogP) is 2.76. The second-order valence-electron chi connectivity index (χ2n) is 5.21. The first-order valence-electron chi connectivity index (χ1n) is 7.10. The summed E-state index contributed by atoms with van der Waals surface area (Å²) in [5, 5.41) is 6.63. The Bertz CT molecular complexity index is 766. The van der Waals surface area contributed by atoms with Crippen molar-refractivity contribution < 1.29 is 4.79 Å². The van der Waals surface area contributed by atoms with Gasteiger partial charge < -0.3 is 10.2 Å². The fourth-order valence-electron chi connectivity index (χ4n) is 2.64. The predicted molar refractivity (Wildman–Crippen MR) is 89.8 cm³/mol. The number of thiazole rings is 2. The summed E-state index contributed by atoms with van der Waals surface area (Å²) in [6.07, 6.45) is 2.75. The van der Waals surface area contributed by atoms with Crippen LogP contribution in [0.1, 0.15) is 16.2 Å². The Kier molecular flexibility index (Phi) is 3.51. The third kappa shape index (κ3) is 2.57. The van der Waals surface area contributed by atoms with Crippen molar-refractivity contribution in [2.45, 2.75) is 12.5 Å². The van der Waals surface area contributed by atoms with E-state index < -0.39 is 0 Å². The van der Waals surface area contributed by atoms with E-state index in [-0.39, 0.29) is 11.9 Å². The van der Waals surface area contributed by atoms with Gasteiger partial charge in [-0.15, -0.1) is 22.7 Å². The molecule has 0 radical (unpaired) electrons. The van der Waals surface area contributed by atoms with E-state index in [0.29, 0.717) is 5.01 Å². The van der Waals surface area contributed by atoms with E-state index in [0.717, 1.165) is 34.9 Å². The molecule has 1 fully saturated rings. The molecule has 22 heavy (non-hydrogen) atoms. The summed E-state index contributed by atoms with van der Waals surface area (Å²) in [6, 6.07) is 7.98. The van der Waals surface area contributed by atoms with Gasteiger partial charge in [0.1, 0.15) is 0 Å². The van der Waals surface area contributed by atoms with Gasteiger partial charge in [-0.25, -0.2) is 9.97 Å². The normalized spacial score (nSPS) is 18.0. The van der Waals surface area contributed by atoms with E-state index >= 15 is 0 Å². The first kappa shape index (κ1) is 13.7. The molecule has 7 heteroatoms. The minimum atomic E-state index is -0.0767. The van der Waals surface area contributed by atoms with Gasteiger partial charge in [-0.2, -0.15) is 0 Å². The molecule has 3 heterocycles. The summed E-state index contributed by atoms with van der Waals surface area (Å²) in [5.74, 6) is -0.0767. The largest absolute Gasteiger partial charge is 0.346 e. The zero-order valence-corrected chi connectivity index (χ0v) is 13.4. The van der Waals surface area contributed by atoms with Crippen molar-refractivity contribution in [1.82, 2.24) is 15.3 Å². The summed E-state index contributed by atoms with van der Waals surface area (Å²) in [4.78, 5) is 23.3. The molecular weight excluding hydrogens is 316 g/mol. The van der Waals surface area contributed by atoms with Crippen LogP contribution in [-0.2, 0) is 0 Å². The standard InChI is InChI=1S/C15H14N4OS2/c20-13(14-18-11-3-1-2-4-12(11)22-14)17-10-5-7-19(9-10)15-16-6-8-21-15/h1-4,6,8,10H,5,7,9H2,(H,17,20)/t10-/m1/s1. The topological polar surface area (TPSA) is 58.1 Å². The van der Waals surface area contributed by atoms with E-state index in [1.165, 1.54) is 11.3 Å². The molecule has 0 bridgehead atoms. The molecule has 0 aliphatic carbocycles. The fourth-order valence-corrected chi connectivity index (χ4v) is 4.19. The van der Waals surface area contributed by atoms with E-state index in [9.17, 15) is 4.79 Å². The highest BCUT2D eigenvalue weighted by Gasteiger charge is 2.26. The number of aromatic nitrogens is 2. The highest BCUT2D eigenvalue weighted by Crippen LogP contribution is 2.24. The van der Waals surface area contributed by atoms with Gasteiger partial charge in [0.05, 0.1) is 10.2 Å². The van der Waals surface area contributed by atoms with E-state index in [2.05, 4.69) is 20.2 Å². The molecule has 0 saturated carbocycles. The number of hydrogen-bond acceptors (Lipinski definition) is 6. The number of amides is 1. The highest BCUT2D eigenvalue weighted by atomic mass is 32.1. The number of carbonyl (C=O) groups excluding carboxylic acids is 1. The first-order chi connectivity index (χ1) is 10.8. The van der Waals surface area contributed by atoms with Crippen LogP contribution in [0.3, 0.4) is 0 Å². The monoisotopic (exact) mass is 330 g/mol. The summed E-state index contributed by atoms with van der Waals surface area (Å²) >= 11 is 3.07. The third-order valence-electron chi connectivity index (χ3n) is 3.70. The van der Waals surface area contributed by atoms with Gasteiger partial charge in [0.15, 0.2) is 10.1 Å². The summed E-state index contributed by atoms with van der Waals surface area (Å²) in [5.41, 5.74) is 0.883. The van der Waals surface area contributed by atoms with E-state index in [1.807, 2.05) is 35.8 Å². The Morgan fingerprint density at radius 1 is 1.36 bits per heavy atom. The van der Waals surface area contributed by atoms with E-state index in [4.69, 9.17) is 0 Å². The van der Waals surface area contributed by atoms with Crippen LogP contribution in [-0.4, -0.2) is 35.0 Å². The maximum absolute atomic E-state index is 12.4. The quantitative estimate of drug-likeness (QED) is 0.802. The maximum Gasteiger partial charge on any atom is 0.280 e. The molecule has 1 aliphatic heterocycles. The van der Waals surface area contributed by atoms with Crippen LogP contribution < -0.4 is 10.2 Å². The number of nitrogens with zero attached hydrogens (tertiary/aromatic N) is 3. The molecular formula is C15H14N4OS2. The fraction of sp³-hybridized carbons (Fsp3) is 0.267. The van der Waals surface area contributed by atoms with Gasteiger partial charge in [0, 0.05) is 30.7 Å². The maximum atomic E-state index is 12.4. The zero-order valence-electron chi connectivity index (χ0n) is 11.7. The van der Waals surface area contributed by atoms with Gasteiger partial charge in [-0.3, -0.25) is 4.79 Å². The molecule has 3 aromatic rings. The number of nitrogens with one attached hydrogen (secondary N) is 1. The molecule has 1 atom stereocenters. The summed E-state index contributed by atoms with van der Waals surface area (Å²) in [6.45, 7) is 1.74. The Morgan fingerprint density at radius 2 is 2.27 bits per heavy atom. The summed E-state index contributed by atoms with van der Waals surface area (Å²) in [7, 11) is 0. The van der Waals surface area contributed by atoms with Crippen molar-refractivity contribution in [1.29, 1.82) is 0 Å². The lowest BCUT2D eigenvalue weighted by Gasteiger charge is -2.15. The number of anilines is 1. The highest BCUT2D eigenvalue weighted by molar-refractivity contribution is 7.20. The molecule has 1 amide bonds. The first-order valence-corrected chi connectivity index (χ1v) is 8.80. The molecule has 1 aliphatic rings. The van der Waals surface area contributed by atoms with Crippen molar-refractivity contribution in [2.75, 3.05) is 18.0 Å². The average molecular weight is 330 g/mol. The number of fused-ring (bicyclic) bond motifs is 1. The molecule has 1 N–H and O–H groups in total. The lowest BCUT2D eigenvalue weighted by atomic mass is 10.2. The third-order valence-corrected chi connectivity index (χ3v) is 5.57. The number of carbonyl (C=O) groups is 1. The Balaban J connectivity index is 1.44. The van der Waals surface area contributed by atoms with Crippen LogP contribution in [0.15, 0.2) is 35.8 Å². The van der Waals surface area contributed by atoms with Crippen LogP contribution in [0, 0.1) is 0 Å². The Hall–Kier alpha value is -1.99. The molecule has 1 aromatic carbocycles. The van der Waals surface area contributed by atoms with Crippen molar-refractivity contribution in [3.8, 4) is 0 Å². The van der Waals surface area contributed by atoms with Crippen molar-refractivity contribution in [3.05, 3.63) is 40.8 Å². The minimum Gasteiger partial charge on any atom is -0.346 e. The van der Waals surface area contributed by atoms with Crippen molar-refractivity contribution >= 4 is 43.9 Å². The molecule has 5 nitrogen and oxygen atoms in total. The van der Waals surface area contributed by atoms with Gasteiger partial charge in [-0.05, 0) is 18.6 Å². The van der Waals surface area contributed by atoms with Gasteiger partial charge >= 0.3 is 0 Å². The SMILES string of the molecule is O=C(N[C@@H]1CCN(c2nccs2)C1)c1nc2ccccc2s1. The zero-order chi connectivity index (χ0) is 14.9. The second kappa shape index (κ2) is 5.66.